The highest BCUT2D eigenvalue weighted by Crippen LogP contribution is 2.26. The first-order chi connectivity index (χ1) is 11.2. The smallest absolute Gasteiger partial charge is 0.258 e. The van der Waals surface area contributed by atoms with Gasteiger partial charge in [-0.15, -0.1) is 23.1 Å². The van der Waals surface area contributed by atoms with Gasteiger partial charge in [-0.05, 0) is 11.8 Å². The molecule has 0 bridgehead atoms. The minimum atomic E-state index is -0.0574. The van der Waals surface area contributed by atoms with Crippen molar-refractivity contribution in [1.29, 1.82) is 0 Å². The van der Waals surface area contributed by atoms with Crippen molar-refractivity contribution in [3.8, 4) is 0 Å². The molecule has 23 heavy (non-hydrogen) atoms. The average Bonchev–Trinajstić information content (AvgIpc) is 3.22. The first-order valence-corrected chi connectivity index (χ1v) is 9.76. The van der Waals surface area contributed by atoms with E-state index in [0.29, 0.717) is 28.3 Å². The molecule has 0 radical (unpaired) electrons. The third kappa shape index (κ3) is 3.02. The van der Waals surface area contributed by atoms with Gasteiger partial charge < -0.3 is 10.2 Å². The summed E-state index contributed by atoms with van der Waals surface area (Å²) in [6, 6.07) is 1.56. The van der Waals surface area contributed by atoms with Crippen molar-refractivity contribution in [2.45, 2.75) is 5.75 Å². The molecule has 0 aliphatic carbocycles. The highest BCUT2D eigenvalue weighted by atomic mass is 32.2. The summed E-state index contributed by atoms with van der Waals surface area (Å²) in [6.45, 7) is 3.85. The molecule has 122 valence electrons. The summed E-state index contributed by atoms with van der Waals surface area (Å²) in [4.78, 5) is 31.4. The molecule has 2 aromatic rings. The van der Waals surface area contributed by atoms with Crippen molar-refractivity contribution in [1.82, 2.24) is 19.6 Å². The molecule has 2 aliphatic heterocycles. The van der Waals surface area contributed by atoms with E-state index in [2.05, 4.69) is 10.3 Å². The lowest BCUT2D eigenvalue weighted by atomic mass is 10.0. The van der Waals surface area contributed by atoms with E-state index in [9.17, 15) is 9.59 Å². The van der Waals surface area contributed by atoms with E-state index >= 15 is 0 Å². The van der Waals surface area contributed by atoms with E-state index in [0.717, 1.165) is 31.9 Å². The van der Waals surface area contributed by atoms with E-state index in [-0.39, 0.29) is 11.5 Å². The number of hydrogen-bond donors (Lipinski definition) is 1. The summed E-state index contributed by atoms with van der Waals surface area (Å²) in [5, 5.41) is 5.23. The molecule has 2 atom stereocenters. The maximum atomic E-state index is 12.3. The summed E-state index contributed by atoms with van der Waals surface area (Å²) in [6.07, 6.45) is 1.73. The summed E-state index contributed by atoms with van der Waals surface area (Å²) < 4.78 is 1.54. The number of hydrogen-bond acceptors (Lipinski definition) is 6. The summed E-state index contributed by atoms with van der Waals surface area (Å²) in [5.74, 6) is 2.52. The monoisotopic (exact) mass is 350 g/mol. The number of carbonyl (C=O) groups is 1. The minimum absolute atomic E-state index is 0.0574. The normalized spacial score (nSPS) is 23.6. The van der Waals surface area contributed by atoms with Crippen LogP contribution in [0.25, 0.3) is 4.96 Å². The molecule has 8 heteroatoms. The molecular weight excluding hydrogens is 332 g/mol. The number of thioether (sulfide) groups is 1. The third-order valence-electron chi connectivity index (χ3n) is 4.57. The number of aromatic nitrogens is 2. The van der Waals surface area contributed by atoms with E-state index in [1.165, 1.54) is 23.1 Å². The number of carbonyl (C=O) groups excluding carboxylic acids is 1. The topological polar surface area (TPSA) is 66.7 Å². The SMILES string of the molecule is O=C(CSCc1cc(=O)n2ccsc2n1)N1C[C@H]2CNC[C@H]2C1. The average molecular weight is 350 g/mol. The maximum Gasteiger partial charge on any atom is 0.258 e. The van der Waals surface area contributed by atoms with Gasteiger partial charge in [0.25, 0.3) is 5.56 Å². The van der Waals surface area contributed by atoms with Crippen LogP contribution in [-0.2, 0) is 10.5 Å². The molecule has 2 aliphatic rings. The summed E-state index contributed by atoms with van der Waals surface area (Å²) >= 11 is 2.98. The van der Waals surface area contributed by atoms with Gasteiger partial charge in [-0.1, -0.05) is 0 Å². The number of amides is 1. The van der Waals surface area contributed by atoms with Crippen LogP contribution >= 0.6 is 23.1 Å². The molecule has 2 aromatic heterocycles. The van der Waals surface area contributed by atoms with Crippen molar-refractivity contribution in [3.63, 3.8) is 0 Å². The van der Waals surface area contributed by atoms with Gasteiger partial charge in [-0.2, -0.15) is 0 Å². The van der Waals surface area contributed by atoms with Gasteiger partial charge in [0.1, 0.15) is 0 Å². The second kappa shape index (κ2) is 6.26. The van der Waals surface area contributed by atoms with Crippen molar-refractivity contribution in [3.05, 3.63) is 33.7 Å². The second-order valence-corrected chi connectivity index (χ2v) is 7.97. The van der Waals surface area contributed by atoms with Crippen molar-refractivity contribution in [2.24, 2.45) is 11.8 Å². The van der Waals surface area contributed by atoms with Crippen LogP contribution in [-0.4, -0.2) is 52.1 Å². The largest absolute Gasteiger partial charge is 0.341 e. The Hall–Kier alpha value is -1.38. The quantitative estimate of drug-likeness (QED) is 0.878. The van der Waals surface area contributed by atoms with Gasteiger partial charge >= 0.3 is 0 Å². The van der Waals surface area contributed by atoms with Gasteiger partial charge in [0.2, 0.25) is 5.91 Å². The molecule has 0 saturated carbocycles. The first-order valence-electron chi connectivity index (χ1n) is 7.73. The lowest BCUT2D eigenvalue weighted by Crippen LogP contribution is -2.33. The Morgan fingerprint density at radius 1 is 1.39 bits per heavy atom. The Balaban J connectivity index is 1.32. The molecule has 1 N–H and O–H groups in total. The van der Waals surface area contributed by atoms with Gasteiger partial charge in [0, 0.05) is 49.6 Å². The molecule has 0 aromatic carbocycles. The Morgan fingerprint density at radius 3 is 2.96 bits per heavy atom. The first kappa shape index (κ1) is 15.2. The number of rotatable bonds is 4. The van der Waals surface area contributed by atoms with Gasteiger partial charge in [-0.3, -0.25) is 14.0 Å². The van der Waals surface area contributed by atoms with Crippen LogP contribution in [0.2, 0.25) is 0 Å². The van der Waals surface area contributed by atoms with Gasteiger partial charge in [0.15, 0.2) is 4.96 Å². The molecule has 2 saturated heterocycles. The lowest BCUT2D eigenvalue weighted by molar-refractivity contribution is -0.127. The van der Waals surface area contributed by atoms with E-state index in [4.69, 9.17) is 0 Å². The molecule has 6 nitrogen and oxygen atoms in total. The van der Waals surface area contributed by atoms with Crippen LogP contribution in [0.4, 0.5) is 0 Å². The predicted octanol–water partition coefficient (Wildman–Crippen LogP) is 0.667. The Kier molecular flexibility index (Phi) is 4.13. The zero-order chi connectivity index (χ0) is 15.8. The fourth-order valence-electron chi connectivity index (χ4n) is 3.35. The van der Waals surface area contributed by atoms with Crippen LogP contribution in [0, 0.1) is 11.8 Å². The van der Waals surface area contributed by atoms with E-state index in [1.807, 2.05) is 10.3 Å². The highest BCUT2D eigenvalue weighted by Gasteiger charge is 2.37. The van der Waals surface area contributed by atoms with Crippen LogP contribution in [0.1, 0.15) is 5.69 Å². The number of fused-ring (bicyclic) bond motifs is 2. The molecular formula is C15H18N4O2S2. The fraction of sp³-hybridized carbons (Fsp3) is 0.533. The van der Waals surface area contributed by atoms with Crippen LogP contribution in [0.3, 0.4) is 0 Å². The van der Waals surface area contributed by atoms with Crippen LogP contribution in [0.5, 0.6) is 0 Å². The molecule has 4 heterocycles. The summed E-state index contributed by atoms with van der Waals surface area (Å²) in [7, 11) is 0. The molecule has 1 amide bonds. The number of likely N-dealkylation sites (tertiary alicyclic amines) is 1. The second-order valence-electron chi connectivity index (χ2n) is 6.11. The van der Waals surface area contributed by atoms with Crippen LogP contribution < -0.4 is 10.9 Å². The van der Waals surface area contributed by atoms with E-state index in [1.54, 1.807) is 16.7 Å². The fourth-order valence-corrected chi connectivity index (χ4v) is 4.91. The lowest BCUT2D eigenvalue weighted by Gasteiger charge is -2.17. The highest BCUT2D eigenvalue weighted by molar-refractivity contribution is 7.99. The zero-order valence-electron chi connectivity index (χ0n) is 12.6. The Bertz CT molecular complexity index is 775. The third-order valence-corrected chi connectivity index (χ3v) is 6.28. The number of nitrogens with one attached hydrogen (secondary N) is 1. The van der Waals surface area contributed by atoms with E-state index < -0.39 is 0 Å². The minimum Gasteiger partial charge on any atom is -0.341 e. The number of nitrogens with zero attached hydrogens (tertiary/aromatic N) is 3. The molecule has 4 rings (SSSR count). The molecule has 0 unspecified atom stereocenters. The predicted molar refractivity (Wildman–Crippen MR) is 91.9 cm³/mol. The van der Waals surface area contributed by atoms with Crippen molar-refractivity contribution in [2.75, 3.05) is 31.9 Å². The van der Waals surface area contributed by atoms with Gasteiger partial charge in [-0.25, -0.2) is 4.98 Å². The maximum absolute atomic E-state index is 12.3. The van der Waals surface area contributed by atoms with Crippen LogP contribution in [0.15, 0.2) is 22.4 Å². The molecule has 2 fully saturated rings. The van der Waals surface area contributed by atoms with Crippen molar-refractivity contribution >= 4 is 34.0 Å². The summed E-state index contributed by atoms with van der Waals surface area (Å²) in [5.41, 5.74) is 0.691. The Morgan fingerprint density at radius 2 is 2.17 bits per heavy atom. The van der Waals surface area contributed by atoms with Gasteiger partial charge in [0.05, 0.1) is 11.4 Å². The standard InChI is InChI=1S/C15H18N4O2S2/c20-13-3-12(17-15-19(13)1-2-23-15)8-22-9-14(21)18-6-10-4-16-5-11(10)7-18/h1-3,10-11,16H,4-9H2/t10-,11+. The zero-order valence-corrected chi connectivity index (χ0v) is 14.2. The van der Waals surface area contributed by atoms with Crippen molar-refractivity contribution < 1.29 is 4.79 Å². The number of thiazole rings is 1. The Labute approximate surface area is 141 Å². The molecule has 0 spiro atoms.